The van der Waals surface area contributed by atoms with E-state index < -0.39 is 30.6 Å². The molecule has 0 aromatic carbocycles. The monoisotopic (exact) mass is 236 g/mol. The van der Waals surface area contributed by atoms with Crippen LogP contribution in [0.25, 0.3) is 0 Å². The quantitative estimate of drug-likeness (QED) is 0.628. The molecule has 0 heterocycles. The first-order valence-electron chi connectivity index (χ1n) is 4.76. The lowest BCUT2D eigenvalue weighted by Crippen LogP contribution is -2.37. The number of rotatable bonds is 4. The van der Waals surface area contributed by atoms with Gasteiger partial charge in [-0.3, -0.25) is 0 Å². The lowest BCUT2D eigenvalue weighted by atomic mass is 9.90. The van der Waals surface area contributed by atoms with Gasteiger partial charge in [-0.1, -0.05) is 26.7 Å². The molecule has 0 N–H and O–H groups in total. The van der Waals surface area contributed by atoms with Crippen molar-refractivity contribution in [3.8, 4) is 0 Å². The predicted molar refractivity (Wildman–Crippen MR) is 44.3 cm³/mol. The highest BCUT2D eigenvalue weighted by Crippen LogP contribution is 2.43. The van der Waals surface area contributed by atoms with E-state index in [-0.39, 0.29) is 0 Å². The zero-order chi connectivity index (χ0) is 12.3. The molecule has 0 spiro atoms. The summed E-state index contributed by atoms with van der Waals surface area (Å²) in [5, 5.41) is 0. The first kappa shape index (κ1) is 14.6. The Hall–Kier alpha value is -0.420. The second kappa shape index (κ2) is 5.07. The molecular formula is C9H14F6. The molecule has 0 aromatic rings. The van der Waals surface area contributed by atoms with Crippen molar-refractivity contribution in [2.75, 3.05) is 0 Å². The summed E-state index contributed by atoms with van der Waals surface area (Å²) >= 11 is 0. The van der Waals surface area contributed by atoms with Crippen molar-refractivity contribution in [3.05, 3.63) is 0 Å². The minimum atomic E-state index is -5.19. The molecule has 0 aliphatic carbocycles. The highest BCUT2D eigenvalue weighted by atomic mass is 19.4. The second-order valence-corrected chi connectivity index (χ2v) is 3.55. The summed E-state index contributed by atoms with van der Waals surface area (Å²) in [5.74, 6) is -3.71. The molecule has 0 rings (SSSR count). The van der Waals surface area contributed by atoms with Gasteiger partial charge < -0.3 is 0 Å². The Morgan fingerprint density at radius 1 is 0.800 bits per heavy atom. The largest absolute Gasteiger partial charge is 0.400 e. The van der Waals surface area contributed by atoms with Crippen molar-refractivity contribution in [2.24, 2.45) is 11.8 Å². The van der Waals surface area contributed by atoms with Gasteiger partial charge in [-0.15, -0.1) is 0 Å². The summed E-state index contributed by atoms with van der Waals surface area (Å²) in [4.78, 5) is 0. The average molecular weight is 236 g/mol. The zero-order valence-corrected chi connectivity index (χ0v) is 8.54. The van der Waals surface area contributed by atoms with Crippen LogP contribution in [-0.2, 0) is 0 Å². The third-order valence-corrected chi connectivity index (χ3v) is 2.51. The van der Waals surface area contributed by atoms with Crippen LogP contribution < -0.4 is 0 Å². The topological polar surface area (TPSA) is 0 Å². The highest BCUT2D eigenvalue weighted by molar-refractivity contribution is 4.77. The van der Waals surface area contributed by atoms with Crippen LogP contribution in [0.2, 0.25) is 0 Å². The van der Waals surface area contributed by atoms with Crippen molar-refractivity contribution < 1.29 is 26.3 Å². The highest BCUT2D eigenvalue weighted by Gasteiger charge is 2.56. The molecule has 0 aliphatic heterocycles. The van der Waals surface area contributed by atoms with E-state index in [2.05, 4.69) is 0 Å². The fraction of sp³-hybridized carbons (Fsp3) is 1.00. The smallest absolute Gasteiger partial charge is 0.170 e. The molecule has 15 heavy (non-hydrogen) atoms. The van der Waals surface area contributed by atoms with Crippen LogP contribution in [0, 0.1) is 11.8 Å². The van der Waals surface area contributed by atoms with Crippen molar-refractivity contribution >= 4 is 0 Å². The minimum Gasteiger partial charge on any atom is -0.170 e. The molecule has 0 bridgehead atoms. The maximum absolute atomic E-state index is 12.1. The van der Waals surface area contributed by atoms with Gasteiger partial charge in [0.05, 0.1) is 0 Å². The molecule has 0 aromatic heterocycles. The van der Waals surface area contributed by atoms with E-state index in [1.807, 2.05) is 0 Å². The summed E-state index contributed by atoms with van der Waals surface area (Å²) in [5.41, 5.74) is 0. The van der Waals surface area contributed by atoms with Gasteiger partial charge >= 0.3 is 12.4 Å². The van der Waals surface area contributed by atoms with Crippen LogP contribution >= 0.6 is 0 Å². The van der Waals surface area contributed by atoms with Gasteiger partial charge in [-0.25, -0.2) is 0 Å². The molecule has 6 heteroatoms. The Balaban J connectivity index is 4.67. The van der Waals surface area contributed by atoms with Crippen molar-refractivity contribution in [1.29, 1.82) is 0 Å². The molecule has 0 fully saturated rings. The maximum atomic E-state index is 12.1. The van der Waals surface area contributed by atoms with Crippen molar-refractivity contribution in [3.63, 3.8) is 0 Å². The molecule has 0 unspecified atom stereocenters. The lowest BCUT2D eigenvalue weighted by molar-refractivity contribution is -0.288. The number of hydrogen-bond donors (Lipinski definition) is 0. The Morgan fingerprint density at radius 3 is 1.33 bits per heavy atom. The van der Waals surface area contributed by atoms with E-state index in [1.54, 1.807) is 13.8 Å². The second-order valence-electron chi connectivity index (χ2n) is 3.55. The Kier molecular flexibility index (Phi) is 4.93. The van der Waals surface area contributed by atoms with Crippen LogP contribution in [0.5, 0.6) is 0 Å². The van der Waals surface area contributed by atoms with E-state index >= 15 is 0 Å². The average Bonchev–Trinajstić information content (AvgIpc) is 2.01. The predicted octanol–water partition coefficient (Wildman–Crippen LogP) is 4.55. The van der Waals surface area contributed by atoms with E-state index in [0.717, 1.165) is 0 Å². The van der Waals surface area contributed by atoms with Gasteiger partial charge in [0.1, 0.15) is 0 Å². The minimum absolute atomic E-state index is 0.332. The first-order chi connectivity index (χ1) is 6.62. The van der Waals surface area contributed by atoms with Crippen LogP contribution in [0.15, 0.2) is 0 Å². The van der Waals surface area contributed by atoms with Gasteiger partial charge in [-0.05, 0) is 12.3 Å². The molecule has 0 saturated heterocycles. The molecular weight excluding hydrogens is 222 g/mol. The van der Waals surface area contributed by atoms with Gasteiger partial charge in [0.15, 0.2) is 5.92 Å². The van der Waals surface area contributed by atoms with E-state index in [1.165, 1.54) is 0 Å². The van der Waals surface area contributed by atoms with Crippen LogP contribution in [-0.4, -0.2) is 12.4 Å². The Bertz CT molecular complexity index is 162. The van der Waals surface area contributed by atoms with Gasteiger partial charge in [0.25, 0.3) is 0 Å². The van der Waals surface area contributed by atoms with E-state index in [0.29, 0.717) is 12.8 Å². The summed E-state index contributed by atoms with van der Waals surface area (Å²) in [6.07, 6.45) is -10.6. The van der Waals surface area contributed by atoms with E-state index in [9.17, 15) is 26.3 Å². The molecule has 92 valence electrons. The molecule has 0 nitrogen and oxygen atoms in total. The molecule has 0 amide bonds. The third-order valence-electron chi connectivity index (χ3n) is 2.51. The summed E-state index contributed by atoms with van der Waals surface area (Å²) in [6.45, 7) is 3.19. The Morgan fingerprint density at radius 2 is 1.13 bits per heavy atom. The fourth-order valence-electron chi connectivity index (χ4n) is 1.41. The molecule has 0 atom stereocenters. The molecule has 0 aliphatic rings. The summed E-state index contributed by atoms with van der Waals surface area (Å²) in [6, 6.07) is 0. The zero-order valence-electron chi connectivity index (χ0n) is 8.54. The fourth-order valence-corrected chi connectivity index (χ4v) is 1.41. The van der Waals surface area contributed by atoms with Crippen LogP contribution in [0.4, 0.5) is 26.3 Å². The molecule has 0 saturated carbocycles. The van der Waals surface area contributed by atoms with Gasteiger partial charge in [-0.2, -0.15) is 26.3 Å². The number of halogens is 6. The van der Waals surface area contributed by atoms with E-state index in [4.69, 9.17) is 0 Å². The normalized spacial score (nSPS) is 14.0. The number of hydrogen-bond acceptors (Lipinski definition) is 0. The molecule has 0 radical (unpaired) electrons. The summed E-state index contributed by atoms with van der Waals surface area (Å²) < 4.78 is 72.8. The van der Waals surface area contributed by atoms with Gasteiger partial charge in [0, 0.05) is 0 Å². The van der Waals surface area contributed by atoms with Crippen molar-refractivity contribution in [1.82, 2.24) is 0 Å². The van der Waals surface area contributed by atoms with Crippen LogP contribution in [0.3, 0.4) is 0 Å². The third kappa shape index (κ3) is 4.75. The SMILES string of the molecule is CCC(CC)CC(C(F)(F)F)C(F)(F)F. The maximum Gasteiger partial charge on any atom is 0.400 e. The van der Waals surface area contributed by atoms with Crippen LogP contribution in [0.1, 0.15) is 33.1 Å². The van der Waals surface area contributed by atoms with Crippen molar-refractivity contribution in [2.45, 2.75) is 45.5 Å². The standard InChI is InChI=1S/C9H14F6/c1-3-6(4-2)5-7(8(10,11)12)9(13,14)15/h6-7H,3-5H2,1-2H3. The first-order valence-corrected chi connectivity index (χ1v) is 4.76. The Labute approximate surface area is 84.7 Å². The lowest BCUT2D eigenvalue weighted by Gasteiger charge is -2.26. The number of alkyl halides is 6. The summed E-state index contributed by atoms with van der Waals surface area (Å²) in [7, 11) is 0. The van der Waals surface area contributed by atoms with Gasteiger partial charge in [0.2, 0.25) is 0 Å².